The molecule has 4 heterocycles. The van der Waals surface area contributed by atoms with E-state index in [9.17, 15) is 18.9 Å². The van der Waals surface area contributed by atoms with Crippen LogP contribution in [-0.2, 0) is 32.8 Å². The second-order valence-electron chi connectivity index (χ2n) is 12.6. The monoisotopic (exact) mass is 584 g/mol. The molecule has 0 N–H and O–H groups in total. The molecule has 0 radical (unpaired) electrons. The summed E-state index contributed by atoms with van der Waals surface area (Å²) in [5.41, 5.74) is 0. The van der Waals surface area contributed by atoms with Gasteiger partial charge in [0.15, 0.2) is 12.3 Å². The molecule has 2 bridgehead atoms. The van der Waals surface area contributed by atoms with Crippen LogP contribution >= 0.6 is 7.60 Å². The number of carbonyl (C=O) groups excluding carboxylic acids is 3. The second-order valence-corrected chi connectivity index (χ2v) is 14.6. The Hall–Kier alpha value is -1.52. The molecule has 4 fully saturated rings. The molecule has 4 rings (SSSR count). The third-order valence-electron chi connectivity index (χ3n) is 8.75. The molecular formula is C28H49N4O7P. The van der Waals surface area contributed by atoms with E-state index in [1.165, 1.54) is 5.06 Å². The minimum absolute atomic E-state index is 0.0383. The third-order valence-corrected chi connectivity index (χ3v) is 10.7. The molecule has 0 aromatic heterocycles. The second kappa shape index (κ2) is 12.8. The lowest BCUT2D eigenvalue weighted by atomic mass is 9.91. The number of hydroxylamine groups is 2. The Balaban J connectivity index is 1.69. The number of hydrogen-bond acceptors (Lipinski definition) is 8. The average Bonchev–Trinajstić information content (AvgIpc) is 3.06. The first kappa shape index (κ1) is 31.4. The number of nitrogens with zero attached hydrogens (tertiary/aromatic N) is 4. The van der Waals surface area contributed by atoms with E-state index >= 15 is 0 Å². The summed E-state index contributed by atoms with van der Waals surface area (Å²) in [5, 5.41) is 1.22. The molecule has 228 valence electrons. The molecule has 0 aromatic carbocycles. The molecule has 0 aliphatic carbocycles. The van der Waals surface area contributed by atoms with Gasteiger partial charge < -0.3 is 23.7 Å². The van der Waals surface area contributed by atoms with Crippen LogP contribution in [0.1, 0.15) is 80.1 Å². The Labute approximate surface area is 239 Å². The predicted molar refractivity (Wildman–Crippen MR) is 150 cm³/mol. The van der Waals surface area contributed by atoms with Gasteiger partial charge in [-0.2, -0.15) is 5.06 Å². The van der Waals surface area contributed by atoms with E-state index < -0.39 is 38.0 Å². The molecule has 4 aliphatic heterocycles. The minimum atomic E-state index is -3.72. The molecule has 0 saturated carbocycles. The summed E-state index contributed by atoms with van der Waals surface area (Å²) in [6.07, 6.45) is 2.67. The summed E-state index contributed by atoms with van der Waals surface area (Å²) in [5.74, 6) is -0.595. The lowest BCUT2D eigenvalue weighted by Gasteiger charge is -2.55. The Morgan fingerprint density at radius 1 is 0.950 bits per heavy atom. The maximum atomic E-state index is 14.2. The molecule has 11 nitrogen and oxygen atoms in total. The molecular weight excluding hydrogens is 535 g/mol. The Morgan fingerprint density at radius 3 is 2.05 bits per heavy atom. The maximum absolute atomic E-state index is 14.2. The fourth-order valence-electron chi connectivity index (χ4n) is 6.96. The zero-order valence-corrected chi connectivity index (χ0v) is 26.2. The summed E-state index contributed by atoms with van der Waals surface area (Å²) < 4.78 is 24.2. The van der Waals surface area contributed by atoms with E-state index in [-0.39, 0.29) is 49.5 Å². The van der Waals surface area contributed by atoms with Crippen molar-refractivity contribution < 1.29 is 32.8 Å². The maximum Gasteiger partial charge on any atom is 0.340 e. The molecule has 40 heavy (non-hydrogen) atoms. The number of piperidine rings is 1. The van der Waals surface area contributed by atoms with Crippen molar-refractivity contribution in [1.29, 1.82) is 0 Å². The highest BCUT2D eigenvalue weighted by atomic mass is 31.2. The SMILES string of the molecule is CCOP(=O)(CC(=O)N1O[C@H](CC(C)C)C(=O)N2[C@@H]1CN(C1CC3CCC(C1)N3C)C(=O)[C@@H]2CC(C)C)OCC. The first-order valence-corrected chi connectivity index (χ1v) is 16.8. The van der Waals surface area contributed by atoms with Gasteiger partial charge in [-0.3, -0.25) is 23.8 Å². The van der Waals surface area contributed by atoms with Gasteiger partial charge in [-0.15, -0.1) is 0 Å². The first-order valence-electron chi connectivity index (χ1n) is 15.1. The summed E-state index contributed by atoms with van der Waals surface area (Å²) in [6, 6.07) is 0.206. The quantitative estimate of drug-likeness (QED) is 0.340. The van der Waals surface area contributed by atoms with Crippen LogP contribution in [0.4, 0.5) is 0 Å². The molecule has 3 amide bonds. The summed E-state index contributed by atoms with van der Waals surface area (Å²) in [4.78, 5) is 54.0. The number of hydrogen-bond donors (Lipinski definition) is 0. The van der Waals surface area contributed by atoms with E-state index in [1.54, 1.807) is 18.7 Å². The van der Waals surface area contributed by atoms with Crippen molar-refractivity contribution in [2.45, 2.75) is 117 Å². The van der Waals surface area contributed by atoms with E-state index in [1.807, 2.05) is 32.6 Å². The van der Waals surface area contributed by atoms with E-state index in [0.29, 0.717) is 24.9 Å². The normalized spacial score (nSPS) is 31.5. The fourth-order valence-corrected chi connectivity index (χ4v) is 8.47. The number of rotatable bonds is 11. The van der Waals surface area contributed by atoms with Gasteiger partial charge in [-0.25, -0.2) is 0 Å². The highest BCUT2D eigenvalue weighted by molar-refractivity contribution is 7.54. The van der Waals surface area contributed by atoms with Crippen molar-refractivity contribution in [2.75, 3.05) is 33.0 Å². The van der Waals surface area contributed by atoms with Gasteiger partial charge in [0, 0.05) is 18.1 Å². The van der Waals surface area contributed by atoms with Crippen LogP contribution in [0.2, 0.25) is 0 Å². The number of carbonyl (C=O) groups is 3. The zero-order valence-electron chi connectivity index (χ0n) is 25.3. The van der Waals surface area contributed by atoms with Crippen LogP contribution < -0.4 is 0 Å². The highest BCUT2D eigenvalue weighted by Crippen LogP contribution is 2.48. The fraction of sp³-hybridized carbons (Fsp3) is 0.893. The van der Waals surface area contributed by atoms with Gasteiger partial charge in [0.1, 0.15) is 12.2 Å². The van der Waals surface area contributed by atoms with Crippen LogP contribution in [0.5, 0.6) is 0 Å². The Bertz CT molecular complexity index is 970. The molecule has 2 unspecified atom stereocenters. The molecule has 4 aliphatic rings. The van der Waals surface area contributed by atoms with Crippen LogP contribution in [0.25, 0.3) is 0 Å². The number of amides is 3. The summed E-state index contributed by atoms with van der Waals surface area (Å²) in [6.45, 7) is 11.9. The molecule has 12 heteroatoms. The average molecular weight is 585 g/mol. The van der Waals surface area contributed by atoms with Gasteiger partial charge in [0.2, 0.25) is 5.91 Å². The van der Waals surface area contributed by atoms with Gasteiger partial charge in [-0.05, 0) is 71.3 Å². The molecule has 4 saturated heterocycles. The largest absolute Gasteiger partial charge is 0.340 e. The van der Waals surface area contributed by atoms with E-state index in [0.717, 1.165) is 25.7 Å². The van der Waals surface area contributed by atoms with Crippen LogP contribution in [0.3, 0.4) is 0 Å². The lowest BCUT2D eigenvalue weighted by molar-refractivity contribution is -0.277. The van der Waals surface area contributed by atoms with E-state index in [2.05, 4.69) is 11.9 Å². The molecule has 0 spiro atoms. The molecule has 5 atom stereocenters. The van der Waals surface area contributed by atoms with Crippen LogP contribution in [-0.4, -0.2) is 107 Å². The van der Waals surface area contributed by atoms with Crippen molar-refractivity contribution >= 4 is 25.3 Å². The van der Waals surface area contributed by atoms with Gasteiger partial charge in [0.25, 0.3) is 11.8 Å². The van der Waals surface area contributed by atoms with Crippen LogP contribution in [0, 0.1) is 11.8 Å². The molecule has 0 aromatic rings. The smallest absolute Gasteiger partial charge is 0.334 e. The van der Waals surface area contributed by atoms with Gasteiger partial charge in [0.05, 0.1) is 19.8 Å². The first-order chi connectivity index (χ1) is 18.9. The Kier molecular flexibility index (Phi) is 10.0. The highest BCUT2D eigenvalue weighted by Gasteiger charge is 2.55. The number of fused-ring (bicyclic) bond motifs is 3. The van der Waals surface area contributed by atoms with Crippen molar-refractivity contribution in [3.8, 4) is 0 Å². The minimum Gasteiger partial charge on any atom is -0.334 e. The topological polar surface area (TPSA) is 109 Å². The number of piperazine rings is 1. The van der Waals surface area contributed by atoms with Crippen LogP contribution in [0.15, 0.2) is 0 Å². The zero-order chi connectivity index (χ0) is 29.4. The van der Waals surface area contributed by atoms with E-state index in [4.69, 9.17) is 13.9 Å². The van der Waals surface area contributed by atoms with Crippen molar-refractivity contribution in [2.24, 2.45) is 11.8 Å². The van der Waals surface area contributed by atoms with Crippen molar-refractivity contribution in [3.05, 3.63) is 0 Å². The standard InChI is InChI=1S/C28H49N4O7P/c1-8-37-40(36,38-9-2)17-26(33)32-25-16-30(22-14-20-10-11-21(15-22)29(20)7)27(34)23(12-18(3)4)31(25)28(35)24(39-32)13-19(5)6/h18-25H,8-17H2,1-7H3/t20?,21?,22?,23-,24+,25-/m0/s1. The predicted octanol–water partition coefficient (Wildman–Crippen LogP) is 3.48. The van der Waals surface area contributed by atoms with Crippen molar-refractivity contribution in [1.82, 2.24) is 19.8 Å². The van der Waals surface area contributed by atoms with Gasteiger partial charge in [-0.1, -0.05) is 27.7 Å². The Morgan fingerprint density at radius 2 is 1.52 bits per heavy atom. The lowest BCUT2D eigenvalue weighted by Crippen LogP contribution is -2.75. The third kappa shape index (κ3) is 6.43. The summed E-state index contributed by atoms with van der Waals surface area (Å²) in [7, 11) is -1.55. The van der Waals surface area contributed by atoms with Crippen molar-refractivity contribution in [3.63, 3.8) is 0 Å². The summed E-state index contributed by atoms with van der Waals surface area (Å²) >= 11 is 0. The van der Waals surface area contributed by atoms with Gasteiger partial charge >= 0.3 is 7.60 Å².